The lowest BCUT2D eigenvalue weighted by atomic mass is 10.0. The van der Waals surface area contributed by atoms with Crippen LogP contribution in [0.1, 0.15) is 33.4 Å². The van der Waals surface area contributed by atoms with Crippen molar-refractivity contribution >= 4 is 23.6 Å². The van der Waals surface area contributed by atoms with Gasteiger partial charge in [-0.25, -0.2) is 5.10 Å². The number of hydrogen-bond acceptors (Lipinski definition) is 4. The van der Waals surface area contributed by atoms with Crippen LogP contribution in [0, 0.1) is 5.95 Å². The van der Waals surface area contributed by atoms with Gasteiger partial charge < -0.3 is 4.90 Å². The first-order chi connectivity index (χ1) is 13.1. The number of amides is 1. The molecule has 0 spiro atoms. The summed E-state index contributed by atoms with van der Waals surface area (Å²) >= 11 is 6.26. The van der Waals surface area contributed by atoms with Crippen LogP contribution in [0.2, 0.25) is 5.02 Å². The van der Waals surface area contributed by atoms with Crippen LogP contribution in [-0.2, 0) is 13.5 Å². The molecule has 1 N–H and O–H groups in total. The van der Waals surface area contributed by atoms with Crippen molar-refractivity contribution in [1.82, 2.24) is 30.1 Å². The summed E-state index contributed by atoms with van der Waals surface area (Å²) in [5, 5.41) is 13.9. The summed E-state index contributed by atoms with van der Waals surface area (Å²) in [6.45, 7) is 0.306. The second-order valence-corrected chi connectivity index (χ2v) is 6.65. The number of aryl methyl sites for hydroxylation is 1. The molecule has 0 fully saturated rings. The van der Waals surface area contributed by atoms with Crippen LogP contribution in [-0.4, -0.2) is 42.5 Å². The first kappa shape index (κ1) is 17.4. The third-order valence-electron chi connectivity index (χ3n) is 4.69. The van der Waals surface area contributed by atoms with Gasteiger partial charge in [-0.3, -0.25) is 9.48 Å². The molecule has 1 atom stereocenters. The summed E-state index contributed by atoms with van der Waals surface area (Å²) in [5.74, 6) is -0.681. The minimum Gasteiger partial charge on any atom is -0.327 e. The average molecular weight is 387 g/mol. The van der Waals surface area contributed by atoms with Crippen molar-refractivity contribution in [2.45, 2.75) is 12.5 Å². The van der Waals surface area contributed by atoms with E-state index in [1.165, 1.54) is 6.08 Å². The van der Waals surface area contributed by atoms with E-state index in [2.05, 4.69) is 20.5 Å². The second-order valence-electron chi connectivity index (χ2n) is 6.24. The quantitative estimate of drug-likeness (QED) is 0.731. The number of benzene rings is 1. The topological polar surface area (TPSA) is 79.7 Å². The number of carbonyl (C=O) groups is 1. The van der Waals surface area contributed by atoms with Crippen LogP contribution >= 0.6 is 11.6 Å². The van der Waals surface area contributed by atoms with Crippen molar-refractivity contribution in [3.05, 3.63) is 70.0 Å². The number of hydrogen-bond donors (Lipinski definition) is 1. The average Bonchev–Trinajstić information content (AvgIpc) is 3.30. The minimum atomic E-state index is -0.611. The number of carbonyl (C=O) groups excluding carboxylic acids is 1. The third kappa shape index (κ3) is 3.12. The Kier molecular flexibility index (Phi) is 4.49. The second kappa shape index (κ2) is 6.96. The van der Waals surface area contributed by atoms with Crippen molar-refractivity contribution < 1.29 is 9.18 Å². The SMILES string of the molecule is Cn1ncc(Cl)c1CC1c2ccccc2C(=O)N1CC=Cc1nn[nH]c1F. The Labute approximate surface area is 159 Å². The maximum Gasteiger partial charge on any atom is 0.255 e. The first-order valence-electron chi connectivity index (χ1n) is 8.35. The lowest BCUT2D eigenvalue weighted by Crippen LogP contribution is -2.30. The number of nitrogens with one attached hydrogen (secondary N) is 1. The number of halogens is 2. The predicted molar refractivity (Wildman–Crippen MR) is 97.5 cm³/mol. The highest BCUT2D eigenvalue weighted by atomic mass is 35.5. The van der Waals surface area contributed by atoms with E-state index in [4.69, 9.17) is 11.6 Å². The summed E-state index contributed by atoms with van der Waals surface area (Å²) in [5.41, 5.74) is 2.57. The maximum atomic E-state index is 13.4. The summed E-state index contributed by atoms with van der Waals surface area (Å²) < 4.78 is 15.1. The van der Waals surface area contributed by atoms with E-state index in [0.717, 1.165) is 11.3 Å². The fraction of sp³-hybridized carbons (Fsp3) is 0.222. The van der Waals surface area contributed by atoms with Gasteiger partial charge in [0.15, 0.2) is 0 Å². The van der Waals surface area contributed by atoms with Crippen LogP contribution in [0.3, 0.4) is 0 Å². The molecule has 3 heterocycles. The molecule has 27 heavy (non-hydrogen) atoms. The Hall–Kier alpha value is -3.00. The van der Waals surface area contributed by atoms with Gasteiger partial charge in [0.25, 0.3) is 5.91 Å². The highest BCUT2D eigenvalue weighted by Gasteiger charge is 2.36. The molecule has 9 heteroatoms. The fourth-order valence-corrected chi connectivity index (χ4v) is 3.58. The normalized spacial score (nSPS) is 16.5. The molecule has 1 unspecified atom stereocenters. The Morgan fingerprint density at radius 3 is 2.89 bits per heavy atom. The molecular formula is C18H16ClFN6O. The van der Waals surface area contributed by atoms with E-state index in [9.17, 15) is 9.18 Å². The summed E-state index contributed by atoms with van der Waals surface area (Å²) in [6, 6.07) is 7.33. The van der Waals surface area contributed by atoms with E-state index < -0.39 is 5.95 Å². The van der Waals surface area contributed by atoms with Crippen LogP contribution in [0.4, 0.5) is 4.39 Å². The number of rotatable bonds is 5. The monoisotopic (exact) mass is 386 g/mol. The smallest absolute Gasteiger partial charge is 0.255 e. The third-order valence-corrected chi connectivity index (χ3v) is 5.01. The molecule has 1 amide bonds. The van der Waals surface area contributed by atoms with Crippen molar-refractivity contribution in [2.24, 2.45) is 7.05 Å². The molecule has 0 aliphatic carbocycles. The van der Waals surface area contributed by atoms with Crippen molar-refractivity contribution in [2.75, 3.05) is 6.54 Å². The molecule has 2 aromatic heterocycles. The minimum absolute atomic E-state index is 0.0702. The van der Waals surface area contributed by atoms with E-state index in [1.807, 2.05) is 31.3 Å². The number of aromatic nitrogens is 5. The molecular weight excluding hydrogens is 371 g/mol. The highest BCUT2D eigenvalue weighted by Crippen LogP contribution is 2.36. The standard InChI is InChI=1S/C18H16ClFN6O/c1-25-16(13(19)10-21-25)9-15-11-5-2-3-6-12(11)18(27)26(15)8-4-7-14-17(20)23-24-22-14/h2-7,10,15H,8-9H2,1H3,(H,22,23,24). The van der Waals surface area contributed by atoms with Gasteiger partial charge in [0, 0.05) is 25.6 Å². The van der Waals surface area contributed by atoms with Crippen LogP contribution in [0.25, 0.3) is 6.08 Å². The zero-order valence-corrected chi connectivity index (χ0v) is 15.2. The van der Waals surface area contributed by atoms with Gasteiger partial charge in [0.1, 0.15) is 5.69 Å². The molecule has 3 aromatic rings. The largest absolute Gasteiger partial charge is 0.327 e. The van der Waals surface area contributed by atoms with Crippen LogP contribution < -0.4 is 0 Å². The Morgan fingerprint density at radius 1 is 1.37 bits per heavy atom. The lowest BCUT2D eigenvalue weighted by molar-refractivity contribution is 0.0746. The molecule has 138 valence electrons. The zero-order valence-electron chi connectivity index (χ0n) is 14.4. The van der Waals surface area contributed by atoms with E-state index in [1.54, 1.807) is 21.9 Å². The zero-order chi connectivity index (χ0) is 19.0. The van der Waals surface area contributed by atoms with Gasteiger partial charge in [-0.1, -0.05) is 41.1 Å². The first-order valence-corrected chi connectivity index (χ1v) is 8.73. The highest BCUT2D eigenvalue weighted by molar-refractivity contribution is 6.31. The number of aromatic amines is 1. The van der Waals surface area contributed by atoms with Crippen LogP contribution in [0.5, 0.6) is 0 Å². The number of H-pyrrole nitrogens is 1. The molecule has 4 rings (SSSR count). The number of fused-ring (bicyclic) bond motifs is 1. The molecule has 0 saturated heterocycles. The molecule has 0 radical (unpaired) electrons. The van der Waals surface area contributed by atoms with Crippen molar-refractivity contribution in [1.29, 1.82) is 0 Å². The number of nitrogens with zero attached hydrogens (tertiary/aromatic N) is 5. The molecule has 1 aliphatic heterocycles. The lowest BCUT2D eigenvalue weighted by Gasteiger charge is -2.24. The van der Waals surface area contributed by atoms with E-state index in [-0.39, 0.29) is 17.6 Å². The van der Waals surface area contributed by atoms with E-state index >= 15 is 0 Å². The molecule has 7 nitrogen and oxygen atoms in total. The Balaban J connectivity index is 1.63. The van der Waals surface area contributed by atoms with E-state index in [0.29, 0.717) is 23.6 Å². The van der Waals surface area contributed by atoms with Gasteiger partial charge in [0.2, 0.25) is 5.95 Å². The van der Waals surface area contributed by atoms with Crippen molar-refractivity contribution in [3.8, 4) is 0 Å². The molecule has 0 bridgehead atoms. The summed E-state index contributed by atoms with van der Waals surface area (Å²) in [4.78, 5) is 14.6. The summed E-state index contributed by atoms with van der Waals surface area (Å²) in [7, 11) is 1.82. The van der Waals surface area contributed by atoms with Gasteiger partial charge in [0.05, 0.1) is 23.0 Å². The Morgan fingerprint density at radius 2 is 2.19 bits per heavy atom. The van der Waals surface area contributed by atoms with Gasteiger partial charge in [-0.2, -0.15) is 9.49 Å². The van der Waals surface area contributed by atoms with Gasteiger partial charge in [-0.05, 0) is 17.7 Å². The molecule has 0 saturated carbocycles. The van der Waals surface area contributed by atoms with Crippen molar-refractivity contribution in [3.63, 3.8) is 0 Å². The van der Waals surface area contributed by atoms with Gasteiger partial charge in [-0.15, -0.1) is 5.10 Å². The fourth-order valence-electron chi connectivity index (χ4n) is 3.33. The van der Waals surface area contributed by atoms with Gasteiger partial charge >= 0.3 is 0 Å². The van der Waals surface area contributed by atoms with Crippen LogP contribution in [0.15, 0.2) is 36.5 Å². The Bertz CT molecular complexity index is 1010. The summed E-state index contributed by atoms with van der Waals surface area (Å²) in [6.07, 6.45) is 5.33. The predicted octanol–water partition coefficient (Wildman–Crippen LogP) is 2.78. The molecule has 1 aromatic carbocycles. The molecule has 1 aliphatic rings. The maximum absolute atomic E-state index is 13.4.